The molecule has 0 bridgehead atoms. The van der Waals surface area contributed by atoms with E-state index in [0.717, 1.165) is 19.0 Å². The molecule has 1 aromatic heterocycles. The first-order chi connectivity index (χ1) is 6.75. The third-order valence-electron chi connectivity index (χ3n) is 2.25. The van der Waals surface area contributed by atoms with Crippen molar-refractivity contribution in [3.8, 4) is 0 Å². The molecule has 76 valence electrons. The Bertz CT molecular complexity index is 281. The largest absolute Gasteiger partial charge is 0.372 e. The Labute approximate surface area is 83.9 Å². The summed E-state index contributed by atoms with van der Waals surface area (Å²) >= 11 is 0. The maximum atomic E-state index is 5.64. The molecular weight excluding hydrogens is 178 g/mol. The maximum Gasteiger partial charge on any atom is 0.225 e. The number of rotatable bonds is 1. The van der Waals surface area contributed by atoms with E-state index in [2.05, 4.69) is 28.7 Å². The van der Waals surface area contributed by atoms with Gasteiger partial charge in [0.05, 0.1) is 12.2 Å². The van der Waals surface area contributed by atoms with Gasteiger partial charge in [0, 0.05) is 25.5 Å². The van der Waals surface area contributed by atoms with Crippen LogP contribution < -0.4 is 4.90 Å². The average molecular weight is 193 g/mol. The van der Waals surface area contributed by atoms with Gasteiger partial charge in [-0.25, -0.2) is 9.97 Å². The second-order valence-electron chi connectivity index (χ2n) is 3.71. The molecule has 4 heteroatoms. The zero-order valence-corrected chi connectivity index (χ0v) is 8.55. The lowest BCUT2D eigenvalue weighted by atomic mass is 10.2. The molecule has 0 aliphatic carbocycles. The van der Waals surface area contributed by atoms with Crippen molar-refractivity contribution in [3.05, 3.63) is 18.5 Å². The first-order valence-electron chi connectivity index (χ1n) is 4.93. The molecular formula is C10H15N3O. The summed E-state index contributed by atoms with van der Waals surface area (Å²) in [5, 5.41) is 0. The first-order valence-corrected chi connectivity index (χ1v) is 4.93. The minimum absolute atomic E-state index is 0.252. The van der Waals surface area contributed by atoms with E-state index in [0.29, 0.717) is 0 Å². The Hall–Kier alpha value is -1.16. The van der Waals surface area contributed by atoms with Crippen LogP contribution >= 0.6 is 0 Å². The first kappa shape index (κ1) is 9.40. The average Bonchev–Trinajstić information content (AvgIpc) is 2.18. The summed E-state index contributed by atoms with van der Waals surface area (Å²) in [7, 11) is 0. The van der Waals surface area contributed by atoms with Gasteiger partial charge in [0.1, 0.15) is 0 Å². The van der Waals surface area contributed by atoms with Crippen LogP contribution in [-0.4, -0.2) is 35.3 Å². The van der Waals surface area contributed by atoms with E-state index in [-0.39, 0.29) is 12.2 Å². The second-order valence-corrected chi connectivity index (χ2v) is 3.71. The highest BCUT2D eigenvalue weighted by Gasteiger charge is 2.23. The fourth-order valence-electron chi connectivity index (χ4n) is 1.80. The van der Waals surface area contributed by atoms with Crippen LogP contribution in [0.2, 0.25) is 0 Å². The van der Waals surface area contributed by atoms with Gasteiger partial charge in [0.25, 0.3) is 0 Å². The fourth-order valence-corrected chi connectivity index (χ4v) is 1.80. The molecule has 1 aromatic rings. The molecule has 0 saturated carbocycles. The standard InChI is InChI=1S/C10H15N3O/c1-8-6-13(7-9(2)14-8)10-11-4-3-5-12-10/h3-5,8-9H,6-7H2,1-2H3/t8-,9+. The lowest BCUT2D eigenvalue weighted by Gasteiger charge is -2.35. The summed E-state index contributed by atoms with van der Waals surface area (Å²) in [6.45, 7) is 5.89. The van der Waals surface area contributed by atoms with Crippen LogP contribution in [0.3, 0.4) is 0 Å². The van der Waals surface area contributed by atoms with Crippen LogP contribution in [0.4, 0.5) is 5.95 Å². The van der Waals surface area contributed by atoms with Crippen molar-refractivity contribution in [2.45, 2.75) is 26.1 Å². The van der Waals surface area contributed by atoms with Crippen LogP contribution in [0.1, 0.15) is 13.8 Å². The molecule has 1 fully saturated rings. The van der Waals surface area contributed by atoms with E-state index in [1.54, 1.807) is 12.4 Å². The van der Waals surface area contributed by atoms with Crippen LogP contribution in [0.25, 0.3) is 0 Å². The topological polar surface area (TPSA) is 38.2 Å². The predicted octanol–water partition coefficient (Wildman–Crippen LogP) is 1.09. The smallest absolute Gasteiger partial charge is 0.225 e. The number of nitrogens with zero attached hydrogens (tertiary/aromatic N) is 3. The molecule has 1 saturated heterocycles. The predicted molar refractivity (Wildman–Crippen MR) is 54.3 cm³/mol. The van der Waals surface area contributed by atoms with Gasteiger partial charge in [0.15, 0.2) is 0 Å². The molecule has 0 N–H and O–H groups in total. The highest BCUT2D eigenvalue weighted by Crippen LogP contribution is 2.15. The normalized spacial score (nSPS) is 27.7. The number of ether oxygens (including phenoxy) is 1. The van der Waals surface area contributed by atoms with Crippen molar-refractivity contribution in [2.75, 3.05) is 18.0 Å². The van der Waals surface area contributed by atoms with Crippen molar-refractivity contribution in [1.29, 1.82) is 0 Å². The molecule has 0 unspecified atom stereocenters. The molecule has 2 rings (SSSR count). The Morgan fingerprint density at radius 1 is 1.21 bits per heavy atom. The van der Waals surface area contributed by atoms with Crippen molar-refractivity contribution in [1.82, 2.24) is 9.97 Å². The van der Waals surface area contributed by atoms with E-state index < -0.39 is 0 Å². The van der Waals surface area contributed by atoms with Gasteiger partial charge >= 0.3 is 0 Å². The second kappa shape index (κ2) is 3.92. The molecule has 4 nitrogen and oxygen atoms in total. The summed E-state index contributed by atoms with van der Waals surface area (Å²) in [4.78, 5) is 10.6. The van der Waals surface area contributed by atoms with E-state index in [4.69, 9.17) is 4.74 Å². The lowest BCUT2D eigenvalue weighted by Crippen LogP contribution is -2.46. The van der Waals surface area contributed by atoms with Gasteiger partial charge in [0.2, 0.25) is 5.95 Å². The van der Waals surface area contributed by atoms with Crippen molar-refractivity contribution in [2.24, 2.45) is 0 Å². The summed E-state index contributed by atoms with van der Waals surface area (Å²) in [5.74, 6) is 0.800. The molecule has 0 aromatic carbocycles. The van der Waals surface area contributed by atoms with E-state index in [9.17, 15) is 0 Å². The Kier molecular flexibility index (Phi) is 2.63. The van der Waals surface area contributed by atoms with Gasteiger partial charge in [-0.15, -0.1) is 0 Å². The summed E-state index contributed by atoms with van der Waals surface area (Å²) < 4.78 is 5.64. The van der Waals surface area contributed by atoms with Crippen LogP contribution in [0, 0.1) is 0 Å². The van der Waals surface area contributed by atoms with Gasteiger partial charge in [-0.1, -0.05) is 0 Å². The lowest BCUT2D eigenvalue weighted by molar-refractivity contribution is -0.00572. The minimum Gasteiger partial charge on any atom is -0.372 e. The monoisotopic (exact) mass is 193 g/mol. The summed E-state index contributed by atoms with van der Waals surface area (Å²) in [5.41, 5.74) is 0. The number of anilines is 1. The summed E-state index contributed by atoms with van der Waals surface area (Å²) in [6, 6.07) is 1.83. The van der Waals surface area contributed by atoms with Crippen molar-refractivity contribution < 1.29 is 4.74 Å². The van der Waals surface area contributed by atoms with E-state index in [1.807, 2.05) is 6.07 Å². The Balaban J connectivity index is 2.11. The molecule has 1 aliphatic heterocycles. The maximum absolute atomic E-state index is 5.64. The SMILES string of the molecule is C[C@@H]1CN(c2ncccn2)C[C@H](C)O1. The molecule has 0 amide bonds. The molecule has 1 aliphatic rings. The molecule has 14 heavy (non-hydrogen) atoms. The fraction of sp³-hybridized carbons (Fsp3) is 0.600. The zero-order chi connectivity index (χ0) is 9.97. The highest BCUT2D eigenvalue weighted by atomic mass is 16.5. The summed E-state index contributed by atoms with van der Waals surface area (Å²) in [6.07, 6.45) is 4.05. The quantitative estimate of drug-likeness (QED) is 0.669. The van der Waals surface area contributed by atoms with Gasteiger partial charge in [-0.05, 0) is 19.9 Å². The number of hydrogen-bond donors (Lipinski definition) is 0. The van der Waals surface area contributed by atoms with Gasteiger partial charge in [-0.2, -0.15) is 0 Å². The Morgan fingerprint density at radius 2 is 1.79 bits per heavy atom. The van der Waals surface area contributed by atoms with Crippen molar-refractivity contribution >= 4 is 5.95 Å². The number of aromatic nitrogens is 2. The molecule has 0 radical (unpaired) electrons. The van der Waals surface area contributed by atoms with Crippen LogP contribution in [-0.2, 0) is 4.74 Å². The third kappa shape index (κ3) is 2.01. The number of morpholine rings is 1. The van der Waals surface area contributed by atoms with Crippen molar-refractivity contribution in [3.63, 3.8) is 0 Å². The van der Waals surface area contributed by atoms with E-state index >= 15 is 0 Å². The Morgan fingerprint density at radius 3 is 2.36 bits per heavy atom. The van der Waals surface area contributed by atoms with Crippen LogP contribution in [0.5, 0.6) is 0 Å². The third-order valence-corrected chi connectivity index (χ3v) is 2.25. The molecule has 0 spiro atoms. The van der Waals surface area contributed by atoms with Crippen LogP contribution in [0.15, 0.2) is 18.5 Å². The van der Waals surface area contributed by atoms with Gasteiger partial charge in [-0.3, -0.25) is 0 Å². The molecule has 2 atom stereocenters. The van der Waals surface area contributed by atoms with E-state index in [1.165, 1.54) is 0 Å². The zero-order valence-electron chi connectivity index (χ0n) is 8.55. The van der Waals surface area contributed by atoms with Gasteiger partial charge < -0.3 is 9.64 Å². The number of hydrogen-bond acceptors (Lipinski definition) is 4. The molecule has 2 heterocycles. The minimum atomic E-state index is 0.252. The highest BCUT2D eigenvalue weighted by molar-refractivity contribution is 5.29.